The third-order valence-electron chi connectivity index (χ3n) is 2.42. The van der Waals surface area contributed by atoms with E-state index < -0.39 is 5.41 Å². The van der Waals surface area contributed by atoms with Crippen molar-refractivity contribution in [2.24, 2.45) is 16.1 Å². The van der Waals surface area contributed by atoms with Crippen LogP contribution in [0.3, 0.4) is 0 Å². The maximum absolute atomic E-state index is 11.4. The molecule has 5 nitrogen and oxygen atoms in total. The van der Waals surface area contributed by atoms with E-state index in [2.05, 4.69) is 15.6 Å². The van der Waals surface area contributed by atoms with Crippen molar-refractivity contribution in [2.45, 2.75) is 32.7 Å². The van der Waals surface area contributed by atoms with E-state index >= 15 is 0 Å². The fraction of sp³-hybridized carbons (Fsp3) is 0.800. The molecule has 0 aromatic heterocycles. The van der Waals surface area contributed by atoms with E-state index in [1.54, 1.807) is 7.05 Å². The molecule has 0 bridgehead atoms. The van der Waals surface area contributed by atoms with Crippen LogP contribution in [-0.4, -0.2) is 31.5 Å². The van der Waals surface area contributed by atoms with Crippen molar-refractivity contribution in [2.75, 3.05) is 13.6 Å². The van der Waals surface area contributed by atoms with E-state index in [4.69, 9.17) is 5.73 Å². The summed E-state index contributed by atoms with van der Waals surface area (Å²) in [5.41, 5.74) is 5.16. The number of guanidine groups is 1. The molecule has 6 heteroatoms. The van der Waals surface area contributed by atoms with Crippen LogP contribution < -0.4 is 16.4 Å². The molecule has 4 N–H and O–H groups in total. The Bertz CT molecular complexity index is 274. The molecule has 1 fully saturated rings. The number of hydrogen-bond donors (Lipinski definition) is 3. The topological polar surface area (TPSA) is 79.5 Å². The second kappa shape index (κ2) is 6.27. The van der Waals surface area contributed by atoms with Crippen molar-refractivity contribution in [1.82, 2.24) is 10.6 Å². The summed E-state index contributed by atoms with van der Waals surface area (Å²) in [4.78, 5) is 15.6. The molecule has 0 aromatic carbocycles. The number of aliphatic imine (C=N–C) groups is 1. The lowest BCUT2D eigenvalue weighted by molar-refractivity contribution is -0.128. The second-order valence-electron chi connectivity index (χ2n) is 4.58. The first kappa shape index (κ1) is 15.5. The van der Waals surface area contributed by atoms with Gasteiger partial charge in [-0.3, -0.25) is 9.79 Å². The van der Waals surface area contributed by atoms with Crippen molar-refractivity contribution in [3.8, 4) is 0 Å². The van der Waals surface area contributed by atoms with Crippen LogP contribution in [0.5, 0.6) is 0 Å². The SMILES string of the molecule is CNC(=O)C(C)(C)CN=C(N)NC1CC1.I. The average Bonchev–Trinajstić information content (AvgIpc) is 2.97. The van der Waals surface area contributed by atoms with Gasteiger partial charge in [0.05, 0.1) is 12.0 Å². The number of hydrogen-bond acceptors (Lipinski definition) is 2. The molecular weight excluding hydrogens is 319 g/mol. The predicted molar refractivity (Wildman–Crippen MR) is 75.9 cm³/mol. The molecule has 0 unspecified atom stereocenters. The standard InChI is InChI=1S/C10H20N4O.HI/c1-10(2,8(15)12-3)6-13-9(11)14-7-4-5-7;/h7H,4-6H2,1-3H3,(H,12,15)(H3,11,13,14);1H. The smallest absolute Gasteiger partial charge is 0.227 e. The average molecular weight is 340 g/mol. The van der Waals surface area contributed by atoms with E-state index in [0.29, 0.717) is 18.5 Å². The lowest BCUT2D eigenvalue weighted by atomic mass is 9.93. The number of carbonyl (C=O) groups excluding carboxylic acids is 1. The monoisotopic (exact) mass is 340 g/mol. The first-order valence-corrected chi connectivity index (χ1v) is 5.24. The first-order valence-electron chi connectivity index (χ1n) is 5.24. The lowest BCUT2D eigenvalue weighted by Gasteiger charge is -2.20. The molecule has 16 heavy (non-hydrogen) atoms. The van der Waals surface area contributed by atoms with Gasteiger partial charge in [0.15, 0.2) is 5.96 Å². The van der Waals surface area contributed by atoms with Crippen LogP contribution in [0.1, 0.15) is 26.7 Å². The van der Waals surface area contributed by atoms with Crippen molar-refractivity contribution >= 4 is 35.8 Å². The first-order chi connectivity index (χ1) is 6.95. The molecule has 0 saturated heterocycles. The maximum Gasteiger partial charge on any atom is 0.227 e. The largest absolute Gasteiger partial charge is 0.370 e. The molecule has 1 saturated carbocycles. The van der Waals surface area contributed by atoms with E-state index in [0.717, 1.165) is 12.8 Å². The number of nitrogens with one attached hydrogen (secondary N) is 2. The zero-order chi connectivity index (χ0) is 11.5. The van der Waals surface area contributed by atoms with Crippen LogP contribution in [-0.2, 0) is 4.79 Å². The lowest BCUT2D eigenvalue weighted by Crippen LogP contribution is -2.39. The molecule has 1 aliphatic carbocycles. The summed E-state index contributed by atoms with van der Waals surface area (Å²) in [5, 5.41) is 5.69. The Kier molecular flexibility index (Phi) is 6.06. The van der Waals surface area contributed by atoms with Gasteiger partial charge in [-0.15, -0.1) is 24.0 Å². The second-order valence-corrected chi connectivity index (χ2v) is 4.58. The summed E-state index contributed by atoms with van der Waals surface area (Å²) in [6.45, 7) is 4.09. The molecule has 0 atom stereocenters. The minimum Gasteiger partial charge on any atom is -0.370 e. The molecular formula is C10H21IN4O. The number of nitrogens with two attached hydrogens (primary N) is 1. The van der Waals surface area contributed by atoms with E-state index in [1.165, 1.54) is 0 Å². The van der Waals surface area contributed by atoms with Gasteiger partial charge < -0.3 is 16.4 Å². The summed E-state index contributed by atoms with van der Waals surface area (Å²) in [6.07, 6.45) is 2.32. The number of rotatable bonds is 4. The molecule has 1 rings (SSSR count). The Balaban J connectivity index is 0.00000225. The van der Waals surface area contributed by atoms with Gasteiger partial charge in [0.1, 0.15) is 0 Å². The minimum absolute atomic E-state index is 0. The molecule has 0 aromatic rings. The van der Waals surface area contributed by atoms with E-state index in [9.17, 15) is 4.79 Å². The van der Waals surface area contributed by atoms with Crippen molar-refractivity contribution in [3.05, 3.63) is 0 Å². The molecule has 0 aliphatic heterocycles. The van der Waals surface area contributed by atoms with Gasteiger partial charge >= 0.3 is 0 Å². The fourth-order valence-electron chi connectivity index (χ4n) is 1.18. The van der Waals surface area contributed by atoms with Gasteiger partial charge in [0.2, 0.25) is 5.91 Å². The van der Waals surface area contributed by atoms with Gasteiger partial charge in [0, 0.05) is 13.1 Å². The zero-order valence-electron chi connectivity index (χ0n) is 10.0. The van der Waals surface area contributed by atoms with E-state index in [1.807, 2.05) is 13.8 Å². The number of carbonyl (C=O) groups is 1. The molecule has 1 amide bonds. The van der Waals surface area contributed by atoms with Gasteiger partial charge in [-0.05, 0) is 26.7 Å². The summed E-state index contributed by atoms with van der Waals surface area (Å²) >= 11 is 0. The Labute approximate surface area is 114 Å². The highest BCUT2D eigenvalue weighted by atomic mass is 127. The molecule has 0 spiro atoms. The molecule has 0 heterocycles. The zero-order valence-corrected chi connectivity index (χ0v) is 12.4. The van der Waals surface area contributed by atoms with Crippen molar-refractivity contribution < 1.29 is 4.79 Å². The van der Waals surface area contributed by atoms with Crippen LogP contribution >= 0.6 is 24.0 Å². The van der Waals surface area contributed by atoms with Gasteiger partial charge in [-0.2, -0.15) is 0 Å². The molecule has 1 aliphatic rings. The van der Waals surface area contributed by atoms with Gasteiger partial charge in [-0.1, -0.05) is 0 Å². The third-order valence-corrected chi connectivity index (χ3v) is 2.42. The Morgan fingerprint density at radius 2 is 2.06 bits per heavy atom. The van der Waals surface area contributed by atoms with Crippen LogP contribution in [0.4, 0.5) is 0 Å². The predicted octanol–water partition coefficient (Wildman–Crippen LogP) is 0.443. The van der Waals surface area contributed by atoms with Gasteiger partial charge in [0.25, 0.3) is 0 Å². The number of nitrogens with zero attached hydrogens (tertiary/aromatic N) is 1. The highest BCUT2D eigenvalue weighted by Gasteiger charge is 2.27. The Morgan fingerprint density at radius 3 is 2.50 bits per heavy atom. The summed E-state index contributed by atoms with van der Waals surface area (Å²) in [6, 6.07) is 0.497. The van der Waals surface area contributed by atoms with Crippen LogP contribution in [0.15, 0.2) is 4.99 Å². The van der Waals surface area contributed by atoms with Crippen LogP contribution in [0.2, 0.25) is 0 Å². The summed E-state index contributed by atoms with van der Waals surface area (Å²) in [7, 11) is 1.62. The highest BCUT2D eigenvalue weighted by molar-refractivity contribution is 14.0. The minimum atomic E-state index is -0.509. The third kappa shape index (κ3) is 5.00. The van der Waals surface area contributed by atoms with Crippen molar-refractivity contribution in [1.29, 1.82) is 0 Å². The molecule has 0 radical (unpaired) electrons. The van der Waals surface area contributed by atoms with E-state index in [-0.39, 0.29) is 29.9 Å². The molecule has 94 valence electrons. The number of halogens is 1. The fourth-order valence-corrected chi connectivity index (χ4v) is 1.18. The van der Waals surface area contributed by atoms with Crippen molar-refractivity contribution in [3.63, 3.8) is 0 Å². The Hall–Kier alpha value is -0.530. The quantitative estimate of drug-likeness (QED) is 0.395. The maximum atomic E-state index is 11.4. The normalized spacial score (nSPS) is 16.3. The van der Waals surface area contributed by atoms with Gasteiger partial charge in [-0.25, -0.2) is 0 Å². The highest BCUT2D eigenvalue weighted by Crippen LogP contribution is 2.18. The number of amides is 1. The van der Waals surface area contributed by atoms with Crippen LogP contribution in [0.25, 0.3) is 0 Å². The van der Waals surface area contributed by atoms with Crippen LogP contribution in [0, 0.1) is 5.41 Å². The summed E-state index contributed by atoms with van der Waals surface area (Å²) in [5.74, 6) is 0.417. The Morgan fingerprint density at radius 1 is 1.50 bits per heavy atom. The summed E-state index contributed by atoms with van der Waals surface area (Å²) < 4.78 is 0.